The first-order valence-corrected chi connectivity index (χ1v) is 5.83. The van der Waals surface area contributed by atoms with Crippen LogP contribution in [0.1, 0.15) is 17.0 Å². The molecule has 4 heteroatoms. The summed E-state index contributed by atoms with van der Waals surface area (Å²) in [4.78, 5) is 2.28. The van der Waals surface area contributed by atoms with Crippen molar-refractivity contribution in [1.29, 1.82) is 0 Å². The third kappa shape index (κ3) is 2.23. The summed E-state index contributed by atoms with van der Waals surface area (Å²) in [6.45, 7) is 2.60. The minimum Gasteiger partial charge on any atom is -0.493 e. The zero-order valence-electron chi connectivity index (χ0n) is 10.7. The average Bonchev–Trinajstić information content (AvgIpc) is 2.35. The molecule has 1 aliphatic rings. The Labute approximate surface area is 102 Å². The van der Waals surface area contributed by atoms with Crippen molar-refractivity contribution in [2.45, 2.75) is 12.5 Å². The summed E-state index contributed by atoms with van der Waals surface area (Å²) in [5.74, 6) is 1.95. The van der Waals surface area contributed by atoms with Crippen LogP contribution in [0.4, 0.5) is 0 Å². The van der Waals surface area contributed by atoms with Crippen LogP contribution in [0.2, 0.25) is 0 Å². The zero-order valence-corrected chi connectivity index (χ0v) is 10.7. The molecule has 0 bridgehead atoms. The van der Waals surface area contributed by atoms with E-state index >= 15 is 0 Å². The van der Waals surface area contributed by atoms with Gasteiger partial charge in [0.1, 0.15) is 0 Å². The summed E-state index contributed by atoms with van der Waals surface area (Å²) in [7, 11) is 5.44. The first-order valence-electron chi connectivity index (χ1n) is 5.83. The van der Waals surface area contributed by atoms with Gasteiger partial charge in [0.2, 0.25) is 0 Å². The smallest absolute Gasteiger partial charge is 0.161 e. The number of likely N-dealkylation sites (N-methyl/N-ethyl adjacent to an activating group) is 1. The van der Waals surface area contributed by atoms with Gasteiger partial charge >= 0.3 is 0 Å². The van der Waals surface area contributed by atoms with Crippen LogP contribution in [-0.4, -0.2) is 39.3 Å². The zero-order chi connectivity index (χ0) is 12.4. The van der Waals surface area contributed by atoms with Crippen LogP contribution >= 0.6 is 0 Å². The SMILES string of the molecule is COc1cc2c(cc1OC)C(CN)CN(C)C2. The molecule has 1 aromatic rings. The van der Waals surface area contributed by atoms with Gasteiger partial charge in [-0.25, -0.2) is 0 Å². The molecule has 0 amide bonds. The maximum atomic E-state index is 5.84. The van der Waals surface area contributed by atoms with Gasteiger partial charge in [0.15, 0.2) is 11.5 Å². The predicted molar refractivity (Wildman–Crippen MR) is 67.7 cm³/mol. The number of ether oxygens (including phenoxy) is 2. The molecule has 0 saturated heterocycles. The fourth-order valence-electron chi connectivity index (χ4n) is 2.49. The van der Waals surface area contributed by atoms with E-state index in [-0.39, 0.29) is 0 Å². The minimum absolute atomic E-state index is 0.378. The first kappa shape index (κ1) is 12.2. The quantitative estimate of drug-likeness (QED) is 0.856. The number of nitrogens with zero attached hydrogens (tertiary/aromatic N) is 1. The summed E-state index contributed by atoms with van der Waals surface area (Å²) in [6, 6.07) is 4.13. The van der Waals surface area contributed by atoms with Gasteiger partial charge in [-0.1, -0.05) is 0 Å². The summed E-state index contributed by atoms with van der Waals surface area (Å²) >= 11 is 0. The van der Waals surface area contributed by atoms with Gasteiger partial charge in [-0.2, -0.15) is 0 Å². The van der Waals surface area contributed by atoms with Gasteiger partial charge in [-0.05, 0) is 30.3 Å². The molecule has 1 atom stereocenters. The average molecular weight is 236 g/mol. The molecule has 0 aromatic heterocycles. The van der Waals surface area contributed by atoms with Crippen LogP contribution in [0, 0.1) is 0 Å². The van der Waals surface area contributed by atoms with Gasteiger partial charge in [0.25, 0.3) is 0 Å². The molecular weight excluding hydrogens is 216 g/mol. The summed E-state index contributed by atoms with van der Waals surface area (Å²) < 4.78 is 10.7. The summed E-state index contributed by atoms with van der Waals surface area (Å²) in [5, 5.41) is 0. The van der Waals surface area contributed by atoms with Crippen molar-refractivity contribution in [3.05, 3.63) is 23.3 Å². The molecule has 94 valence electrons. The van der Waals surface area contributed by atoms with E-state index in [2.05, 4.69) is 24.1 Å². The van der Waals surface area contributed by atoms with Crippen molar-refractivity contribution in [1.82, 2.24) is 4.90 Å². The van der Waals surface area contributed by atoms with Crippen molar-refractivity contribution < 1.29 is 9.47 Å². The number of nitrogens with two attached hydrogens (primary N) is 1. The van der Waals surface area contributed by atoms with E-state index in [9.17, 15) is 0 Å². The number of methoxy groups -OCH3 is 2. The molecule has 17 heavy (non-hydrogen) atoms. The fourth-order valence-corrected chi connectivity index (χ4v) is 2.49. The largest absolute Gasteiger partial charge is 0.493 e. The Balaban J connectivity index is 2.47. The Morgan fingerprint density at radius 1 is 1.29 bits per heavy atom. The highest BCUT2D eigenvalue weighted by Crippen LogP contribution is 2.36. The van der Waals surface area contributed by atoms with E-state index in [1.54, 1.807) is 14.2 Å². The first-order chi connectivity index (χ1) is 8.19. The van der Waals surface area contributed by atoms with E-state index in [1.807, 2.05) is 0 Å². The van der Waals surface area contributed by atoms with E-state index in [1.165, 1.54) is 11.1 Å². The molecule has 0 fully saturated rings. The van der Waals surface area contributed by atoms with Gasteiger partial charge in [0, 0.05) is 25.6 Å². The molecule has 4 nitrogen and oxygen atoms in total. The Morgan fingerprint density at radius 3 is 2.53 bits per heavy atom. The van der Waals surface area contributed by atoms with E-state index in [4.69, 9.17) is 15.2 Å². The Hall–Kier alpha value is -1.26. The highest BCUT2D eigenvalue weighted by molar-refractivity contribution is 5.49. The topological polar surface area (TPSA) is 47.7 Å². The number of fused-ring (bicyclic) bond motifs is 1. The van der Waals surface area contributed by atoms with Gasteiger partial charge in [-0.15, -0.1) is 0 Å². The molecule has 0 aliphatic carbocycles. The highest BCUT2D eigenvalue weighted by Gasteiger charge is 2.24. The lowest BCUT2D eigenvalue weighted by atomic mass is 9.89. The van der Waals surface area contributed by atoms with Crippen LogP contribution in [0.5, 0.6) is 11.5 Å². The van der Waals surface area contributed by atoms with Crippen LogP contribution in [0.25, 0.3) is 0 Å². The standard InChI is InChI=1S/C13H20N2O2/c1-15-7-9-4-12(16-2)13(17-3)5-11(9)10(6-14)8-15/h4-5,10H,6-8,14H2,1-3H3. The maximum absolute atomic E-state index is 5.84. The molecule has 0 saturated carbocycles. The van der Waals surface area contributed by atoms with Gasteiger partial charge in [-0.3, -0.25) is 0 Å². The Kier molecular flexibility index (Phi) is 3.54. The summed E-state index contributed by atoms with van der Waals surface area (Å²) in [6.07, 6.45) is 0. The van der Waals surface area contributed by atoms with Crippen LogP contribution < -0.4 is 15.2 Å². The van der Waals surface area contributed by atoms with Gasteiger partial charge in [0.05, 0.1) is 14.2 Å². The molecule has 2 rings (SSSR count). The predicted octanol–water partition coefficient (Wildman–Crippen LogP) is 1.19. The minimum atomic E-state index is 0.378. The number of rotatable bonds is 3. The fraction of sp³-hybridized carbons (Fsp3) is 0.538. The lowest BCUT2D eigenvalue weighted by molar-refractivity contribution is 0.279. The lowest BCUT2D eigenvalue weighted by Gasteiger charge is -2.32. The van der Waals surface area contributed by atoms with Crippen molar-refractivity contribution in [3.8, 4) is 11.5 Å². The second-order valence-electron chi connectivity index (χ2n) is 4.54. The molecule has 0 spiro atoms. The van der Waals surface area contributed by atoms with Crippen molar-refractivity contribution in [2.24, 2.45) is 5.73 Å². The molecule has 0 radical (unpaired) electrons. The number of benzene rings is 1. The number of hydrogen-bond acceptors (Lipinski definition) is 4. The second kappa shape index (κ2) is 4.94. The molecule has 1 unspecified atom stereocenters. The summed E-state index contributed by atoms with van der Waals surface area (Å²) in [5.41, 5.74) is 8.42. The Morgan fingerprint density at radius 2 is 1.94 bits per heavy atom. The molecule has 1 heterocycles. The van der Waals surface area contributed by atoms with Crippen molar-refractivity contribution >= 4 is 0 Å². The molecule has 1 aromatic carbocycles. The van der Waals surface area contributed by atoms with Crippen molar-refractivity contribution in [3.63, 3.8) is 0 Å². The molecular formula is C13H20N2O2. The van der Waals surface area contributed by atoms with Crippen LogP contribution in [-0.2, 0) is 6.54 Å². The third-order valence-corrected chi connectivity index (χ3v) is 3.34. The lowest BCUT2D eigenvalue weighted by Crippen LogP contribution is -2.34. The second-order valence-corrected chi connectivity index (χ2v) is 4.54. The Bertz CT molecular complexity index is 407. The molecule has 1 aliphatic heterocycles. The van der Waals surface area contributed by atoms with Crippen molar-refractivity contribution in [2.75, 3.05) is 34.4 Å². The van der Waals surface area contributed by atoms with Crippen LogP contribution in [0.15, 0.2) is 12.1 Å². The monoisotopic (exact) mass is 236 g/mol. The van der Waals surface area contributed by atoms with E-state index in [0.29, 0.717) is 12.5 Å². The number of hydrogen-bond donors (Lipinski definition) is 1. The highest BCUT2D eigenvalue weighted by atomic mass is 16.5. The normalized spacial score (nSPS) is 19.9. The molecule has 2 N–H and O–H groups in total. The third-order valence-electron chi connectivity index (χ3n) is 3.34. The van der Waals surface area contributed by atoms with E-state index < -0.39 is 0 Å². The maximum Gasteiger partial charge on any atom is 0.161 e. The van der Waals surface area contributed by atoms with Crippen LogP contribution in [0.3, 0.4) is 0 Å². The van der Waals surface area contributed by atoms with E-state index in [0.717, 1.165) is 24.6 Å². The van der Waals surface area contributed by atoms with Gasteiger partial charge < -0.3 is 20.1 Å².